The summed E-state index contributed by atoms with van der Waals surface area (Å²) >= 11 is 1.58. The summed E-state index contributed by atoms with van der Waals surface area (Å²) < 4.78 is 11.0. The molecule has 0 bridgehead atoms. The predicted octanol–water partition coefficient (Wildman–Crippen LogP) is 3.52. The molecule has 2 aromatic heterocycles. The van der Waals surface area contributed by atoms with E-state index in [0.717, 1.165) is 40.3 Å². The van der Waals surface area contributed by atoms with E-state index in [1.54, 1.807) is 23.8 Å². The third kappa shape index (κ3) is 3.73. The van der Waals surface area contributed by atoms with Crippen molar-refractivity contribution in [2.45, 2.75) is 33.6 Å². The van der Waals surface area contributed by atoms with Crippen molar-refractivity contribution in [3.8, 4) is 17.1 Å². The highest BCUT2D eigenvalue weighted by molar-refractivity contribution is 7.09. The van der Waals surface area contributed by atoms with Crippen LogP contribution in [-0.4, -0.2) is 26.9 Å². The van der Waals surface area contributed by atoms with Crippen LogP contribution in [0.1, 0.15) is 28.4 Å². The van der Waals surface area contributed by atoms with Gasteiger partial charge in [0.05, 0.1) is 6.61 Å². The van der Waals surface area contributed by atoms with Crippen LogP contribution in [-0.2, 0) is 6.42 Å². The molecule has 0 saturated heterocycles. The van der Waals surface area contributed by atoms with Crippen LogP contribution in [0.5, 0.6) is 5.75 Å². The predicted molar refractivity (Wildman–Crippen MR) is 87.7 cm³/mol. The number of rotatable bonds is 6. The average molecular weight is 330 g/mol. The molecule has 23 heavy (non-hydrogen) atoms. The lowest BCUT2D eigenvalue weighted by atomic mass is 10.1. The third-order valence-electron chi connectivity index (χ3n) is 3.43. The number of aryl methyl sites for hydroxylation is 4. The summed E-state index contributed by atoms with van der Waals surface area (Å²) in [5.74, 6) is 2.09. The zero-order valence-corrected chi connectivity index (χ0v) is 14.2. The quantitative estimate of drug-likeness (QED) is 0.644. The molecule has 0 aliphatic carbocycles. The van der Waals surface area contributed by atoms with Gasteiger partial charge >= 0.3 is 0 Å². The topological polar surface area (TPSA) is 73.9 Å². The number of benzene rings is 1. The molecule has 0 unspecified atom stereocenters. The van der Waals surface area contributed by atoms with Crippen molar-refractivity contribution < 1.29 is 9.26 Å². The maximum absolute atomic E-state index is 5.95. The molecule has 0 N–H and O–H groups in total. The lowest BCUT2D eigenvalue weighted by Crippen LogP contribution is -2.02. The molecule has 0 spiro atoms. The minimum Gasteiger partial charge on any atom is -0.493 e. The SMILES string of the molecule is Cc1nc(-c2cc(C)c(OCCCc3nncs3)c(C)c2)no1. The normalized spacial score (nSPS) is 10.9. The molecule has 0 aliphatic heterocycles. The van der Waals surface area contributed by atoms with Gasteiger partial charge in [0.2, 0.25) is 11.7 Å². The molecular formula is C16H18N4O2S. The number of aromatic nitrogens is 4. The zero-order chi connectivity index (χ0) is 16.2. The minimum absolute atomic E-state index is 0.562. The number of ether oxygens (including phenoxy) is 1. The van der Waals surface area contributed by atoms with Crippen molar-refractivity contribution in [1.82, 2.24) is 20.3 Å². The summed E-state index contributed by atoms with van der Waals surface area (Å²) in [7, 11) is 0. The highest BCUT2D eigenvalue weighted by atomic mass is 32.1. The summed E-state index contributed by atoms with van der Waals surface area (Å²) in [6, 6.07) is 4.05. The molecule has 1 aromatic carbocycles. The molecule has 6 nitrogen and oxygen atoms in total. The summed E-state index contributed by atoms with van der Waals surface area (Å²) in [4.78, 5) is 4.27. The van der Waals surface area contributed by atoms with Crippen molar-refractivity contribution in [2.24, 2.45) is 0 Å². The first kappa shape index (κ1) is 15.6. The largest absolute Gasteiger partial charge is 0.493 e. The zero-order valence-electron chi connectivity index (χ0n) is 13.4. The van der Waals surface area contributed by atoms with Crippen molar-refractivity contribution >= 4 is 11.3 Å². The lowest BCUT2D eigenvalue weighted by molar-refractivity contribution is 0.307. The Labute approximate surface area is 138 Å². The van der Waals surface area contributed by atoms with E-state index in [2.05, 4.69) is 20.3 Å². The van der Waals surface area contributed by atoms with E-state index in [0.29, 0.717) is 18.3 Å². The Balaban J connectivity index is 1.65. The number of nitrogens with zero attached hydrogens (tertiary/aromatic N) is 4. The molecule has 0 radical (unpaired) electrons. The van der Waals surface area contributed by atoms with Crippen LogP contribution < -0.4 is 4.74 Å². The van der Waals surface area contributed by atoms with Crippen molar-refractivity contribution in [2.75, 3.05) is 6.61 Å². The molecule has 2 heterocycles. The molecule has 0 aliphatic rings. The summed E-state index contributed by atoms with van der Waals surface area (Å²) in [5, 5.41) is 12.9. The summed E-state index contributed by atoms with van der Waals surface area (Å²) in [5.41, 5.74) is 4.83. The summed E-state index contributed by atoms with van der Waals surface area (Å²) in [6.45, 7) is 6.50. The molecular weight excluding hydrogens is 312 g/mol. The molecule has 3 aromatic rings. The highest BCUT2D eigenvalue weighted by Crippen LogP contribution is 2.29. The minimum atomic E-state index is 0.562. The molecule has 0 saturated carbocycles. The van der Waals surface area contributed by atoms with E-state index in [-0.39, 0.29) is 0 Å². The molecule has 120 valence electrons. The Bertz CT molecular complexity index is 760. The van der Waals surface area contributed by atoms with Crippen LogP contribution in [0.3, 0.4) is 0 Å². The maximum atomic E-state index is 5.95. The van der Waals surface area contributed by atoms with Crippen LogP contribution >= 0.6 is 11.3 Å². The Hall–Kier alpha value is -2.28. The second-order valence-electron chi connectivity index (χ2n) is 5.36. The van der Waals surface area contributed by atoms with Gasteiger partial charge in [-0.05, 0) is 43.5 Å². The summed E-state index contributed by atoms with van der Waals surface area (Å²) in [6.07, 6.45) is 1.81. The standard InChI is InChI=1S/C16H18N4O2S/c1-10-7-13(16-18-12(3)22-20-16)8-11(2)15(10)21-6-4-5-14-19-17-9-23-14/h7-9H,4-6H2,1-3H3. The second kappa shape index (κ2) is 6.87. The van der Waals surface area contributed by atoms with Gasteiger partial charge in [-0.3, -0.25) is 0 Å². The smallest absolute Gasteiger partial charge is 0.223 e. The van der Waals surface area contributed by atoms with Crippen LogP contribution in [0.4, 0.5) is 0 Å². The molecule has 0 amide bonds. The van der Waals surface area contributed by atoms with E-state index in [1.807, 2.05) is 26.0 Å². The van der Waals surface area contributed by atoms with Gasteiger partial charge in [-0.2, -0.15) is 4.98 Å². The lowest BCUT2D eigenvalue weighted by Gasteiger charge is -2.13. The average Bonchev–Trinajstić information content (AvgIpc) is 3.17. The van der Waals surface area contributed by atoms with E-state index in [9.17, 15) is 0 Å². The third-order valence-corrected chi connectivity index (χ3v) is 4.19. The van der Waals surface area contributed by atoms with Crippen molar-refractivity contribution in [3.63, 3.8) is 0 Å². The molecule has 0 atom stereocenters. The number of hydrogen-bond acceptors (Lipinski definition) is 7. The fraction of sp³-hybridized carbons (Fsp3) is 0.375. The first-order chi connectivity index (χ1) is 11.1. The number of hydrogen-bond donors (Lipinski definition) is 0. The highest BCUT2D eigenvalue weighted by Gasteiger charge is 2.11. The van der Waals surface area contributed by atoms with Gasteiger partial charge in [0, 0.05) is 18.9 Å². The Morgan fingerprint density at radius 3 is 2.57 bits per heavy atom. The van der Waals surface area contributed by atoms with E-state index in [4.69, 9.17) is 9.26 Å². The van der Waals surface area contributed by atoms with Crippen molar-refractivity contribution in [1.29, 1.82) is 0 Å². The van der Waals surface area contributed by atoms with Gasteiger partial charge in [-0.15, -0.1) is 21.5 Å². The van der Waals surface area contributed by atoms with E-state index >= 15 is 0 Å². The maximum Gasteiger partial charge on any atom is 0.223 e. The fourth-order valence-corrected chi connectivity index (χ4v) is 3.00. The van der Waals surface area contributed by atoms with Gasteiger partial charge in [-0.1, -0.05) is 5.16 Å². The second-order valence-corrected chi connectivity index (χ2v) is 6.28. The van der Waals surface area contributed by atoms with Gasteiger partial charge in [0.25, 0.3) is 0 Å². The fourth-order valence-electron chi connectivity index (χ4n) is 2.43. The van der Waals surface area contributed by atoms with Gasteiger partial charge in [-0.25, -0.2) is 0 Å². The Morgan fingerprint density at radius 1 is 1.17 bits per heavy atom. The van der Waals surface area contributed by atoms with E-state index < -0.39 is 0 Å². The van der Waals surface area contributed by atoms with Crippen LogP contribution in [0, 0.1) is 20.8 Å². The Morgan fingerprint density at radius 2 is 1.96 bits per heavy atom. The monoisotopic (exact) mass is 330 g/mol. The first-order valence-corrected chi connectivity index (χ1v) is 8.31. The van der Waals surface area contributed by atoms with Crippen LogP contribution in [0.15, 0.2) is 22.2 Å². The molecule has 3 rings (SSSR count). The molecule has 7 heteroatoms. The van der Waals surface area contributed by atoms with Gasteiger partial charge in [0.1, 0.15) is 16.3 Å². The van der Waals surface area contributed by atoms with Gasteiger partial charge in [0.15, 0.2) is 0 Å². The van der Waals surface area contributed by atoms with Gasteiger partial charge < -0.3 is 9.26 Å². The molecule has 0 fully saturated rings. The first-order valence-electron chi connectivity index (χ1n) is 7.43. The van der Waals surface area contributed by atoms with Crippen LogP contribution in [0.2, 0.25) is 0 Å². The van der Waals surface area contributed by atoms with E-state index in [1.165, 1.54) is 0 Å². The Kier molecular flexibility index (Phi) is 4.66. The van der Waals surface area contributed by atoms with Crippen LogP contribution in [0.25, 0.3) is 11.4 Å². The van der Waals surface area contributed by atoms with Crippen molar-refractivity contribution in [3.05, 3.63) is 39.7 Å².